The number of carbonyl (C=O) groups is 1. The number of hydrogen-bond acceptors (Lipinski definition) is 6. The lowest BCUT2D eigenvalue weighted by molar-refractivity contribution is -0.0361. The van der Waals surface area contributed by atoms with Gasteiger partial charge in [0.05, 0.1) is 13.2 Å². The highest BCUT2D eigenvalue weighted by Crippen LogP contribution is 2.34. The number of aromatic nitrogens is 1. The molecule has 1 unspecified atom stereocenters. The van der Waals surface area contributed by atoms with E-state index in [1.807, 2.05) is 13.1 Å². The second kappa shape index (κ2) is 11.0. The SMILES string of the molecule is CC(c1cccs1)N(C)Cc1ccc(C(=O)NCC2(N3CCOCC3)CCCCC2)c(=O)[nH]1. The van der Waals surface area contributed by atoms with Crippen molar-refractivity contribution in [3.05, 3.63) is 56.1 Å². The van der Waals surface area contributed by atoms with Gasteiger partial charge in [-0.1, -0.05) is 25.3 Å². The van der Waals surface area contributed by atoms with Gasteiger partial charge in [0.1, 0.15) is 5.56 Å². The maximum Gasteiger partial charge on any atom is 0.261 e. The monoisotopic (exact) mass is 472 g/mol. The van der Waals surface area contributed by atoms with Crippen molar-refractivity contribution in [1.29, 1.82) is 0 Å². The molecule has 1 saturated heterocycles. The van der Waals surface area contributed by atoms with E-state index in [0.717, 1.165) is 44.8 Å². The molecule has 3 heterocycles. The molecule has 7 nitrogen and oxygen atoms in total. The summed E-state index contributed by atoms with van der Waals surface area (Å²) in [5.74, 6) is -0.290. The Morgan fingerprint density at radius 2 is 2.00 bits per heavy atom. The second-order valence-electron chi connectivity index (χ2n) is 9.40. The van der Waals surface area contributed by atoms with Gasteiger partial charge in [0, 0.05) is 48.3 Å². The van der Waals surface area contributed by atoms with Gasteiger partial charge in [-0.3, -0.25) is 19.4 Å². The summed E-state index contributed by atoms with van der Waals surface area (Å²) in [5, 5.41) is 5.17. The van der Waals surface area contributed by atoms with Crippen LogP contribution in [0.2, 0.25) is 0 Å². The summed E-state index contributed by atoms with van der Waals surface area (Å²) in [6, 6.07) is 7.94. The summed E-state index contributed by atoms with van der Waals surface area (Å²) in [6.45, 7) is 6.64. The van der Waals surface area contributed by atoms with E-state index in [9.17, 15) is 9.59 Å². The molecular formula is C25H36N4O3S. The first-order valence-corrected chi connectivity index (χ1v) is 12.9. The third kappa shape index (κ3) is 5.74. The fourth-order valence-electron chi connectivity index (χ4n) is 5.13. The molecule has 4 rings (SSSR count). The first-order valence-electron chi connectivity index (χ1n) is 12.1. The Hall–Kier alpha value is -2.00. The average molecular weight is 473 g/mol. The summed E-state index contributed by atoms with van der Waals surface area (Å²) in [5.41, 5.74) is 0.636. The van der Waals surface area contributed by atoms with Gasteiger partial charge in [0.15, 0.2) is 0 Å². The lowest BCUT2D eigenvalue weighted by atomic mass is 9.79. The quantitative estimate of drug-likeness (QED) is 0.616. The molecule has 0 spiro atoms. The Labute approximate surface area is 200 Å². The fraction of sp³-hybridized carbons (Fsp3) is 0.600. The van der Waals surface area contributed by atoms with Crippen LogP contribution in [0.15, 0.2) is 34.4 Å². The number of H-pyrrole nitrogens is 1. The standard InChI is InChI=1S/C25H36N4O3S/c1-19(22-7-6-16-33-22)28(2)17-20-8-9-21(24(31)27-20)23(30)26-18-25(10-4-3-5-11-25)29-12-14-32-15-13-29/h6-9,16,19H,3-5,10-15,17-18H2,1-2H3,(H,26,30)(H,27,31). The number of nitrogens with zero attached hydrogens (tertiary/aromatic N) is 2. The van der Waals surface area contributed by atoms with Crippen molar-refractivity contribution < 1.29 is 9.53 Å². The Bertz CT molecular complexity index is 962. The number of morpholine rings is 1. The number of carbonyl (C=O) groups excluding carboxylic acids is 1. The summed E-state index contributed by atoms with van der Waals surface area (Å²) < 4.78 is 5.54. The van der Waals surface area contributed by atoms with E-state index < -0.39 is 0 Å². The smallest absolute Gasteiger partial charge is 0.261 e. The number of nitrogens with one attached hydrogen (secondary N) is 2. The molecule has 1 saturated carbocycles. The molecule has 1 aliphatic heterocycles. The Balaban J connectivity index is 1.39. The van der Waals surface area contributed by atoms with Crippen molar-refractivity contribution in [3.8, 4) is 0 Å². The zero-order chi connectivity index (χ0) is 23.3. The highest BCUT2D eigenvalue weighted by atomic mass is 32.1. The molecule has 180 valence electrons. The number of hydrogen-bond donors (Lipinski definition) is 2. The van der Waals surface area contributed by atoms with E-state index in [2.05, 4.69) is 44.5 Å². The number of pyridine rings is 1. The van der Waals surface area contributed by atoms with E-state index in [1.54, 1.807) is 17.4 Å². The minimum Gasteiger partial charge on any atom is -0.379 e. The van der Waals surface area contributed by atoms with Crippen molar-refractivity contribution in [1.82, 2.24) is 20.1 Å². The van der Waals surface area contributed by atoms with Gasteiger partial charge >= 0.3 is 0 Å². The number of amides is 1. The first-order chi connectivity index (χ1) is 16.0. The van der Waals surface area contributed by atoms with Gasteiger partial charge in [-0.25, -0.2) is 0 Å². The Kier molecular flexibility index (Phi) is 8.01. The van der Waals surface area contributed by atoms with Crippen LogP contribution in [0.5, 0.6) is 0 Å². The van der Waals surface area contributed by atoms with Crippen molar-refractivity contribution in [3.63, 3.8) is 0 Å². The highest BCUT2D eigenvalue weighted by Gasteiger charge is 2.39. The summed E-state index contributed by atoms with van der Waals surface area (Å²) >= 11 is 1.73. The lowest BCUT2D eigenvalue weighted by Crippen LogP contribution is -2.59. The van der Waals surface area contributed by atoms with Gasteiger partial charge < -0.3 is 15.0 Å². The van der Waals surface area contributed by atoms with Gasteiger partial charge in [-0.15, -0.1) is 11.3 Å². The zero-order valence-corrected chi connectivity index (χ0v) is 20.6. The van der Waals surface area contributed by atoms with Crippen LogP contribution in [-0.4, -0.2) is 66.1 Å². The van der Waals surface area contributed by atoms with Crippen LogP contribution in [0.1, 0.15) is 66.0 Å². The predicted octanol–water partition coefficient (Wildman–Crippen LogP) is 3.39. The van der Waals surface area contributed by atoms with Gasteiger partial charge in [-0.05, 0) is 50.4 Å². The summed E-state index contributed by atoms with van der Waals surface area (Å²) in [4.78, 5) is 34.6. The van der Waals surface area contributed by atoms with E-state index in [1.165, 1.54) is 24.1 Å². The van der Waals surface area contributed by atoms with Crippen molar-refractivity contribution in [2.75, 3.05) is 39.9 Å². The molecular weight excluding hydrogens is 436 g/mol. The molecule has 1 atom stereocenters. The molecule has 2 N–H and O–H groups in total. The van der Waals surface area contributed by atoms with E-state index >= 15 is 0 Å². The van der Waals surface area contributed by atoms with Crippen molar-refractivity contribution in [2.24, 2.45) is 0 Å². The molecule has 2 aromatic rings. The third-order valence-corrected chi connectivity index (χ3v) is 8.34. The molecule has 1 aliphatic carbocycles. The topological polar surface area (TPSA) is 77.7 Å². The number of rotatable bonds is 8. The first kappa shape index (κ1) is 24.1. The zero-order valence-electron chi connectivity index (χ0n) is 19.8. The average Bonchev–Trinajstić information content (AvgIpc) is 3.38. The van der Waals surface area contributed by atoms with Crippen LogP contribution >= 0.6 is 11.3 Å². The molecule has 0 radical (unpaired) electrons. The van der Waals surface area contributed by atoms with E-state index in [0.29, 0.717) is 13.1 Å². The molecule has 1 amide bonds. The minimum absolute atomic E-state index is 0.0228. The van der Waals surface area contributed by atoms with Crippen LogP contribution < -0.4 is 10.9 Å². The van der Waals surface area contributed by atoms with Crippen LogP contribution in [0.3, 0.4) is 0 Å². The second-order valence-corrected chi connectivity index (χ2v) is 10.4. The van der Waals surface area contributed by atoms with E-state index in [4.69, 9.17) is 4.74 Å². The van der Waals surface area contributed by atoms with Gasteiger partial charge in [0.2, 0.25) is 0 Å². The maximum absolute atomic E-state index is 12.9. The lowest BCUT2D eigenvalue weighted by Gasteiger charge is -2.48. The van der Waals surface area contributed by atoms with Crippen LogP contribution in [0.4, 0.5) is 0 Å². The molecule has 2 aliphatic rings. The fourth-order valence-corrected chi connectivity index (χ4v) is 5.98. The van der Waals surface area contributed by atoms with Crippen LogP contribution in [0.25, 0.3) is 0 Å². The number of thiophene rings is 1. The summed E-state index contributed by atoms with van der Waals surface area (Å²) in [7, 11) is 2.04. The predicted molar refractivity (Wildman–Crippen MR) is 132 cm³/mol. The minimum atomic E-state index is -0.328. The molecule has 0 bridgehead atoms. The molecule has 8 heteroatoms. The molecule has 0 aromatic carbocycles. The van der Waals surface area contributed by atoms with E-state index in [-0.39, 0.29) is 28.6 Å². The number of ether oxygens (including phenoxy) is 1. The van der Waals surface area contributed by atoms with Crippen LogP contribution in [-0.2, 0) is 11.3 Å². The maximum atomic E-state index is 12.9. The molecule has 2 aromatic heterocycles. The Morgan fingerprint density at radius 1 is 1.24 bits per heavy atom. The third-order valence-electron chi connectivity index (χ3n) is 7.29. The highest BCUT2D eigenvalue weighted by molar-refractivity contribution is 7.10. The van der Waals surface area contributed by atoms with Gasteiger partial charge in [-0.2, -0.15) is 0 Å². The van der Waals surface area contributed by atoms with Crippen LogP contribution in [0, 0.1) is 0 Å². The van der Waals surface area contributed by atoms with Gasteiger partial charge in [0.25, 0.3) is 11.5 Å². The van der Waals surface area contributed by atoms with Crippen molar-refractivity contribution >= 4 is 17.2 Å². The largest absolute Gasteiger partial charge is 0.379 e. The van der Waals surface area contributed by atoms with Crippen molar-refractivity contribution in [2.45, 2.75) is 57.2 Å². The normalized spacial score (nSPS) is 20.0. The Morgan fingerprint density at radius 3 is 2.67 bits per heavy atom. The molecule has 33 heavy (non-hydrogen) atoms. The number of aromatic amines is 1. The summed E-state index contributed by atoms with van der Waals surface area (Å²) in [6.07, 6.45) is 5.77. The molecule has 2 fully saturated rings.